The lowest BCUT2D eigenvalue weighted by Crippen LogP contribution is -2.33. The number of benzene rings is 2. The Kier molecular flexibility index (Phi) is 5.38. The Morgan fingerprint density at radius 1 is 1.19 bits per heavy atom. The first-order valence-corrected chi connectivity index (χ1v) is 9.90. The molecule has 0 unspecified atom stereocenters. The van der Waals surface area contributed by atoms with Crippen molar-refractivity contribution in [1.29, 1.82) is 0 Å². The number of hydrogen-bond donors (Lipinski definition) is 0. The van der Waals surface area contributed by atoms with Crippen molar-refractivity contribution in [2.24, 2.45) is 0 Å². The van der Waals surface area contributed by atoms with Gasteiger partial charge in [0.05, 0.1) is 17.1 Å². The SMILES string of the molecule is CCOC(=O)c1cccc(S(=O)(=O)N(Cc2ccccc2F)C2CC2)c1. The third kappa shape index (κ3) is 3.94. The van der Waals surface area contributed by atoms with E-state index in [4.69, 9.17) is 4.74 Å². The molecule has 5 nitrogen and oxygen atoms in total. The number of hydrogen-bond acceptors (Lipinski definition) is 4. The zero-order chi connectivity index (χ0) is 18.7. The highest BCUT2D eigenvalue weighted by Gasteiger charge is 2.38. The summed E-state index contributed by atoms with van der Waals surface area (Å²) in [6.07, 6.45) is 1.48. The molecule has 0 heterocycles. The van der Waals surface area contributed by atoms with E-state index in [-0.39, 0.29) is 29.7 Å². The molecule has 0 spiro atoms. The number of rotatable bonds is 7. The van der Waals surface area contributed by atoms with E-state index in [0.29, 0.717) is 5.56 Å². The molecular weight excluding hydrogens is 357 g/mol. The molecule has 0 atom stereocenters. The maximum absolute atomic E-state index is 14.0. The van der Waals surface area contributed by atoms with Gasteiger partial charge in [0, 0.05) is 18.2 Å². The smallest absolute Gasteiger partial charge is 0.338 e. The summed E-state index contributed by atoms with van der Waals surface area (Å²) in [5.74, 6) is -1.01. The summed E-state index contributed by atoms with van der Waals surface area (Å²) in [5, 5.41) is 0. The number of ether oxygens (including phenoxy) is 1. The highest BCUT2D eigenvalue weighted by atomic mass is 32.2. The minimum absolute atomic E-state index is 0.00583. The van der Waals surface area contributed by atoms with Gasteiger partial charge in [-0.25, -0.2) is 17.6 Å². The second kappa shape index (κ2) is 7.55. The Labute approximate surface area is 152 Å². The average Bonchev–Trinajstić information content (AvgIpc) is 3.46. The number of carbonyl (C=O) groups is 1. The van der Waals surface area contributed by atoms with E-state index in [1.54, 1.807) is 25.1 Å². The molecule has 1 aliphatic rings. The van der Waals surface area contributed by atoms with Crippen LogP contribution in [0.1, 0.15) is 35.7 Å². The standard InChI is InChI=1S/C19H20FNO4S/c1-2-25-19(22)14-7-5-8-17(12-14)26(23,24)21(16-10-11-16)13-15-6-3-4-9-18(15)20/h3-9,12,16H,2,10-11,13H2,1H3. The highest BCUT2D eigenvalue weighted by Crippen LogP contribution is 2.34. The Morgan fingerprint density at radius 3 is 2.58 bits per heavy atom. The van der Waals surface area contributed by atoms with Crippen LogP contribution in [0.2, 0.25) is 0 Å². The molecule has 0 radical (unpaired) electrons. The molecule has 1 aliphatic carbocycles. The molecule has 138 valence electrons. The van der Waals surface area contributed by atoms with E-state index in [9.17, 15) is 17.6 Å². The number of carbonyl (C=O) groups excluding carboxylic acids is 1. The fourth-order valence-corrected chi connectivity index (χ4v) is 4.41. The lowest BCUT2D eigenvalue weighted by atomic mass is 10.2. The number of sulfonamides is 1. The van der Waals surface area contributed by atoms with E-state index < -0.39 is 21.8 Å². The van der Waals surface area contributed by atoms with Crippen LogP contribution in [0.15, 0.2) is 53.4 Å². The topological polar surface area (TPSA) is 63.7 Å². The van der Waals surface area contributed by atoms with Gasteiger partial charge in [-0.1, -0.05) is 24.3 Å². The van der Waals surface area contributed by atoms with Crippen molar-refractivity contribution in [3.8, 4) is 0 Å². The van der Waals surface area contributed by atoms with Gasteiger partial charge in [0.25, 0.3) is 0 Å². The molecule has 0 aliphatic heterocycles. The van der Waals surface area contributed by atoms with Crippen molar-refractivity contribution in [2.75, 3.05) is 6.61 Å². The van der Waals surface area contributed by atoms with Crippen LogP contribution < -0.4 is 0 Å². The molecule has 1 saturated carbocycles. The third-order valence-electron chi connectivity index (χ3n) is 4.19. The summed E-state index contributed by atoms with van der Waals surface area (Å²) in [6, 6.07) is 11.8. The summed E-state index contributed by atoms with van der Waals surface area (Å²) < 4.78 is 46.5. The maximum Gasteiger partial charge on any atom is 0.338 e. The van der Waals surface area contributed by atoms with Crippen LogP contribution in [-0.4, -0.2) is 31.3 Å². The molecular formula is C19H20FNO4S. The lowest BCUT2D eigenvalue weighted by molar-refractivity contribution is 0.0526. The Hall–Kier alpha value is -2.25. The number of esters is 1. The van der Waals surface area contributed by atoms with Gasteiger partial charge in [0.15, 0.2) is 0 Å². The average molecular weight is 377 g/mol. The molecule has 1 fully saturated rings. The van der Waals surface area contributed by atoms with Crippen LogP contribution in [0.5, 0.6) is 0 Å². The lowest BCUT2D eigenvalue weighted by Gasteiger charge is -2.22. The molecule has 0 saturated heterocycles. The second-order valence-corrected chi connectivity index (χ2v) is 8.01. The van der Waals surface area contributed by atoms with Crippen molar-refractivity contribution in [1.82, 2.24) is 4.31 Å². The molecule has 2 aromatic carbocycles. The molecule has 2 aromatic rings. The third-order valence-corrected chi connectivity index (χ3v) is 6.08. The van der Waals surface area contributed by atoms with Gasteiger partial charge >= 0.3 is 5.97 Å². The minimum atomic E-state index is -3.86. The van der Waals surface area contributed by atoms with Crippen molar-refractivity contribution >= 4 is 16.0 Å². The number of halogens is 1. The second-order valence-electron chi connectivity index (χ2n) is 6.12. The maximum atomic E-state index is 14.0. The van der Waals surface area contributed by atoms with Crippen LogP contribution >= 0.6 is 0 Å². The van der Waals surface area contributed by atoms with E-state index >= 15 is 0 Å². The number of nitrogens with zero attached hydrogens (tertiary/aromatic N) is 1. The normalized spacial score (nSPS) is 14.4. The van der Waals surface area contributed by atoms with Crippen LogP contribution in [-0.2, 0) is 21.3 Å². The first kappa shape index (κ1) is 18.5. The summed E-state index contributed by atoms with van der Waals surface area (Å²) in [6.45, 7) is 1.85. The first-order valence-electron chi connectivity index (χ1n) is 8.46. The zero-order valence-electron chi connectivity index (χ0n) is 14.4. The van der Waals surface area contributed by atoms with Gasteiger partial charge in [0.1, 0.15) is 5.82 Å². The van der Waals surface area contributed by atoms with Crippen LogP contribution in [0, 0.1) is 5.82 Å². The van der Waals surface area contributed by atoms with E-state index in [0.717, 1.165) is 12.8 Å². The first-order chi connectivity index (χ1) is 12.4. The predicted octanol–water partition coefficient (Wildman–Crippen LogP) is 3.36. The Balaban J connectivity index is 1.93. The molecule has 7 heteroatoms. The molecule has 0 bridgehead atoms. The fourth-order valence-electron chi connectivity index (χ4n) is 2.70. The van der Waals surface area contributed by atoms with Gasteiger partial charge in [-0.2, -0.15) is 4.31 Å². The van der Waals surface area contributed by atoms with Gasteiger partial charge in [-0.3, -0.25) is 0 Å². The van der Waals surface area contributed by atoms with Crippen LogP contribution in [0.25, 0.3) is 0 Å². The summed E-state index contributed by atoms with van der Waals surface area (Å²) in [7, 11) is -3.86. The van der Waals surface area contributed by atoms with Crippen molar-refractivity contribution < 1.29 is 22.3 Å². The van der Waals surface area contributed by atoms with Crippen molar-refractivity contribution in [3.63, 3.8) is 0 Å². The molecule has 0 aromatic heterocycles. The van der Waals surface area contributed by atoms with E-state index in [1.807, 2.05) is 0 Å². The van der Waals surface area contributed by atoms with Crippen molar-refractivity contribution in [2.45, 2.75) is 37.2 Å². The summed E-state index contributed by atoms with van der Waals surface area (Å²) in [4.78, 5) is 11.9. The molecule has 0 N–H and O–H groups in total. The zero-order valence-corrected chi connectivity index (χ0v) is 15.2. The predicted molar refractivity (Wildman–Crippen MR) is 94.5 cm³/mol. The van der Waals surface area contributed by atoms with Crippen molar-refractivity contribution in [3.05, 3.63) is 65.5 Å². The summed E-state index contributed by atoms with van der Waals surface area (Å²) >= 11 is 0. The highest BCUT2D eigenvalue weighted by molar-refractivity contribution is 7.89. The van der Waals surface area contributed by atoms with Gasteiger partial charge in [-0.05, 0) is 44.0 Å². The van der Waals surface area contributed by atoms with Gasteiger partial charge < -0.3 is 4.74 Å². The summed E-state index contributed by atoms with van der Waals surface area (Å²) in [5.41, 5.74) is 0.499. The fraction of sp³-hybridized carbons (Fsp3) is 0.316. The quantitative estimate of drug-likeness (QED) is 0.694. The molecule has 26 heavy (non-hydrogen) atoms. The Morgan fingerprint density at radius 2 is 1.92 bits per heavy atom. The molecule has 3 rings (SSSR count). The monoisotopic (exact) mass is 377 g/mol. The molecule has 0 amide bonds. The van der Waals surface area contributed by atoms with Gasteiger partial charge in [-0.15, -0.1) is 0 Å². The van der Waals surface area contributed by atoms with Gasteiger partial charge in [0.2, 0.25) is 10.0 Å². The Bertz CT molecular complexity index is 909. The van der Waals surface area contributed by atoms with Crippen LogP contribution in [0.3, 0.4) is 0 Å². The van der Waals surface area contributed by atoms with E-state index in [1.165, 1.54) is 34.6 Å². The largest absolute Gasteiger partial charge is 0.462 e. The van der Waals surface area contributed by atoms with Crippen LogP contribution in [0.4, 0.5) is 4.39 Å². The van der Waals surface area contributed by atoms with E-state index in [2.05, 4.69) is 0 Å². The minimum Gasteiger partial charge on any atom is -0.462 e.